The van der Waals surface area contributed by atoms with E-state index >= 15 is 0 Å². The second kappa shape index (κ2) is 14.7. The summed E-state index contributed by atoms with van der Waals surface area (Å²) in [5, 5.41) is 3.56. The zero-order chi connectivity index (χ0) is 31.0. The van der Waals surface area contributed by atoms with Crippen LogP contribution in [0.5, 0.6) is 5.75 Å². The molecule has 12 heteroatoms. The predicted octanol–water partition coefficient (Wildman–Crippen LogP) is 6.06. The van der Waals surface area contributed by atoms with Gasteiger partial charge < -0.3 is 15.0 Å². The van der Waals surface area contributed by atoms with Crippen molar-refractivity contribution in [1.29, 1.82) is 0 Å². The van der Waals surface area contributed by atoms with E-state index in [2.05, 4.69) is 5.32 Å². The quantitative estimate of drug-likeness (QED) is 0.246. The van der Waals surface area contributed by atoms with Crippen molar-refractivity contribution in [3.63, 3.8) is 0 Å². The van der Waals surface area contributed by atoms with Gasteiger partial charge in [0.05, 0.1) is 17.2 Å². The molecule has 0 fully saturated rings. The molecule has 0 aliphatic carbocycles. The van der Waals surface area contributed by atoms with Gasteiger partial charge in [-0.05, 0) is 93.4 Å². The standard InChI is InChI=1S/C30H34Cl2FN3O5S/c1-5-20(3)34-30(38)21(4)35(18-22-7-8-23(31)17-28(22)32)29(37)19-36(25-11-13-26(14-12-25)41-6-2)42(39,40)27-15-9-24(33)10-16-27/h7-17,20-21H,5-6,18-19H2,1-4H3,(H,34,38)/t20-,21-/m0/s1. The van der Waals surface area contributed by atoms with Gasteiger partial charge in [0.1, 0.15) is 24.2 Å². The molecule has 1 N–H and O–H groups in total. The molecule has 0 radical (unpaired) electrons. The normalized spacial score (nSPS) is 12.7. The Morgan fingerprint density at radius 3 is 2.19 bits per heavy atom. The highest BCUT2D eigenvalue weighted by molar-refractivity contribution is 7.92. The summed E-state index contributed by atoms with van der Waals surface area (Å²) >= 11 is 12.5. The Balaban J connectivity index is 2.05. The highest BCUT2D eigenvalue weighted by Crippen LogP contribution is 2.28. The number of carbonyl (C=O) groups is 2. The Morgan fingerprint density at radius 2 is 1.62 bits per heavy atom. The predicted molar refractivity (Wildman–Crippen MR) is 163 cm³/mol. The van der Waals surface area contributed by atoms with Crippen LogP contribution in [0.3, 0.4) is 0 Å². The molecule has 42 heavy (non-hydrogen) atoms. The van der Waals surface area contributed by atoms with E-state index < -0.39 is 40.2 Å². The molecule has 0 saturated carbocycles. The smallest absolute Gasteiger partial charge is 0.264 e. The maximum atomic E-state index is 14.0. The van der Waals surface area contributed by atoms with E-state index in [9.17, 15) is 22.4 Å². The van der Waals surface area contributed by atoms with Crippen molar-refractivity contribution in [2.24, 2.45) is 0 Å². The van der Waals surface area contributed by atoms with Crippen molar-refractivity contribution in [3.8, 4) is 5.75 Å². The summed E-state index contributed by atoms with van der Waals surface area (Å²) in [6.07, 6.45) is 0.677. The molecule has 3 aromatic rings. The van der Waals surface area contributed by atoms with Crippen LogP contribution < -0.4 is 14.4 Å². The van der Waals surface area contributed by atoms with Crippen molar-refractivity contribution in [3.05, 3.63) is 88.2 Å². The lowest BCUT2D eigenvalue weighted by Crippen LogP contribution is -2.52. The first-order chi connectivity index (χ1) is 19.9. The summed E-state index contributed by atoms with van der Waals surface area (Å²) in [7, 11) is -4.35. The second-order valence-corrected chi connectivity index (χ2v) is 12.3. The average Bonchev–Trinajstić information content (AvgIpc) is 2.95. The molecule has 3 aromatic carbocycles. The molecule has 0 bridgehead atoms. The van der Waals surface area contributed by atoms with Crippen LogP contribution in [0.15, 0.2) is 71.6 Å². The zero-order valence-corrected chi connectivity index (χ0v) is 26.1. The molecule has 0 heterocycles. The van der Waals surface area contributed by atoms with E-state index in [1.807, 2.05) is 20.8 Å². The highest BCUT2D eigenvalue weighted by atomic mass is 35.5. The topological polar surface area (TPSA) is 96.0 Å². The van der Waals surface area contributed by atoms with Gasteiger partial charge in [0, 0.05) is 22.6 Å². The monoisotopic (exact) mass is 637 g/mol. The van der Waals surface area contributed by atoms with Crippen LogP contribution in [0.25, 0.3) is 0 Å². The Kier molecular flexibility index (Phi) is 11.6. The Hall–Kier alpha value is -3.34. The summed E-state index contributed by atoms with van der Waals surface area (Å²) in [6.45, 7) is 6.82. The van der Waals surface area contributed by atoms with E-state index in [0.717, 1.165) is 28.6 Å². The van der Waals surface area contributed by atoms with Crippen LogP contribution in [-0.2, 0) is 26.2 Å². The molecule has 0 spiro atoms. The molecule has 0 unspecified atom stereocenters. The van der Waals surface area contributed by atoms with Crippen LogP contribution in [0.4, 0.5) is 10.1 Å². The van der Waals surface area contributed by atoms with Crippen LogP contribution in [0, 0.1) is 5.82 Å². The fourth-order valence-electron chi connectivity index (χ4n) is 4.02. The maximum Gasteiger partial charge on any atom is 0.264 e. The van der Waals surface area contributed by atoms with Gasteiger partial charge in [0.15, 0.2) is 0 Å². The highest BCUT2D eigenvalue weighted by Gasteiger charge is 2.33. The molecule has 0 aliphatic heterocycles. The third-order valence-corrected chi connectivity index (χ3v) is 9.02. The Morgan fingerprint density at radius 1 is 0.976 bits per heavy atom. The molecule has 226 valence electrons. The van der Waals surface area contributed by atoms with Gasteiger partial charge in [-0.3, -0.25) is 13.9 Å². The largest absolute Gasteiger partial charge is 0.494 e. The van der Waals surface area contributed by atoms with E-state index in [1.54, 1.807) is 31.2 Å². The van der Waals surface area contributed by atoms with E-state index in [4.69, 9.17) is 27.9 Å². The van der Waals surface area contributed by atoms with Crippen LogP contribution in [-0.4, -0.2) is 50.4 Å². The minimum absolute atomic E-state index is 0.0857. The molecule has 0 aliphatic rings. The number of carbonyl (C=O) groups excluding carboxylic acids is 2. The lowest BCUT2D eigenvalue weighted by atomic mass is 10.1. The minimum atomic E-state index is -4.35. The fraction of sp³-hybridized carbons (Fsp3) is 0.333. The van der Waals surface area contributed by atoms with Gasteiger partial charge in [0.2, 0.25) is 11.8 Å². The molecular formula is C30H34Cl2FN3O5S. The maximum absolute atomic E-state index is 14.0. The number of amides is 2. The number of benzene rings is 3. The molecule has 2 amide bonds. The number of sulfonamides is 1. The lowest BCUT2D eigenvalue weighted by Gasteiger charge is -2.32. The number of nitrogens with zero attached hydrogens (tertiary/aromatic N) is 2. The number of rotatable bonds is 13. The summed E-state index contributed by atoms with van der Waals surface area (Å²) < 4.78 is 47.7. The molecular weight excluding hydrogens is 604 g/mol. The first-order valence-electron chi connectivity index (χ1n) is 13.4. The zero-order valence-electron chi connectivity index (χ0n) is 23.8. The fourth-order valence-corrected chi connectivity index (χ4v) is 5.90. The second-order valence-electron chi connectivity index (χ2n) is 9.64. The van der Waals surface area contributed by atoms with Crippen molar-refractivity contribution in [1.82, 2.24) is 10.2 Å². The summed E-state index contributed by atoms with van der Waals surface area (Å²) in [5.74, 6) is -1.16. The molecule has 0 aromatic heterocycles. The van der Waals surface area contributed by atoms with Gasteiger partial charge in [-0.15, -0.1) is 0 Å². The molecule has 8 nitrogen and oxygen atoms in total. The first kappa shape index (κ1) is 33.2. The molecule has 0 saturated heterocycles. The minimum Gasteiger partial charge on any atom is -0.494 e. The van der Waals surface area contributed by atoms with Gasteiger partial charge in [-0.25, -0.2) is 12.8 Å². The van der Waals surface area contributed by atoms with Crippen molar-refractivity contribution in [2.75, 3.05) is 17.5 Å². The van der Waals surface area contributed by atoms with E-state index in [1.165, 1.54) is 23.1 Å². The molecule has 2 atom stereocenters. The Bertz CT molecular complexity index is 1490. The first-order valence-corrected chi connectivity index (χ1v) is 15.6. The van der Waals surface area contributed by atoms with Gasteiger partial charge >= 0.3 is 0 Å². The average molecular weight is 639 g/mol. The number of halogens is 3. The number of anilines is 1. The molecule has 3 rings (SSSR count). The summed E-state index contributed by atoms with van der Waals surface area (Å²) in [6, 6.07) is 14.2. The Labute approximate surface area is 256 Å². The van der Waals surface area contributed by atoms with Crippen molar-refractivity contribution in [2.45, 2.75) is 57.6 Å². The third-order valence-electron chi connectivity index (χ3n) is 6.64. The van der Waals surface area contributed by atoms with E-state index in [0.29, 0.717) is 29.4 Å². The van der Waals surface area contributed by atoms with Gasteiger partial charge in [-0.1, -0.05) is 36.2 Å². The number of nitrogens with one attached hydrogen (secondary N) is 1. The number of hydrogen-bond acceptors (Lipinski definition) is 5. The summed E-state index contributed by atoms with van der Waals surface area (Å²) in [5.41, 5.74) is 0.698. The van der Waals surface area contributed by atoms with Crippen molar-refractivity contribution >= 4 is 50.7 Å². The summed E-state index contributed by atoms with van der Waals surface area (Å²) in [4.78, 5) is 28.2. The van der Waals surface area contributed by atoms with E-state index in [-0.39, 0.29) is 28.2 Å². The number of hydrogen-bond donors (Lipinski definition) is 1. The van der Waals surface area contributed by atoms with Gasteiger partial charge in [0.25, 0.3) is 10.0 Å². The third kappa shape index (κ3) is 8.36. The van der Waals surface area contributed by atoms with Crippen LogP contribution >= 0.6 is 23.2 Å². The van der Waals surface area contributed by atoms with Gasteiger partial charge in [-0.2, -0.15) is 0 Å². The SMILES string of the molecule is CCOc1ccc(N(CC(=O)N(Cc2ccc(Cl)cc2Cl)[C@@H](C)C(=O)N[C@@H](C)CC)S(=O)(=O)c2ccc(F)cc2)cc1. The van der Waals surface area contributed by atoms with Crippen molar-refractivity contribution < 1.29 is 27.1 Å². The van der Waals surface area contributed by atoms with Crippen LogP contribution in [0.1, 0.15) is 39.7 Å². The lowest BCUT2D eigenvalue weighted by molar-refractivity contribution is -0.139. The van der Waals surface area contributed by atoms with Crippen LogP contribution in [0.2, 0.25) is 10.0 Å². The number of ether oxygens (including phenoxy) is 1.